The SMILES string of the molecule is CCOC(=O)N1CCC(NC(=O)c2cccc(C(=O)Nc3ccccc3)c2)CC1. The summed E-state index contributed by atoms with van der Waals surface area (Å²) in [5.41, 5.74) is 1.54. The number of piperidine rings is 1. The fourth-order valence-electron chi connectivity index (χ4n) is 3.22. The zero-order chi connectivity index (χ0) is 20.6. The molecule has 1 aliphatic rings. The van der Waals surface area contributed by atoms with Crippen LogP contribution in [0.15, 0.2) is 54.6 Å². The van der Waals surface area contributed by atoms with Crippen LogP contribution in [-0.4, -0.2) is 48.5 Å². The second-order valence-electron chi connectivity index (χ2n) is 6.83. The van der Waals surface area contributed by atoms with Crippen LogP contribution in [-0.2, 0) is 4.74 Å². The number of carbonyl (C=O) groups is 3. The largest absolute Gasteiger partial charge is 0.450 e. The number of para-hydroxylation sites is 1. The van der Waals surface area contributed by atoms with E-state index in [0.717, 1.165) is 0 Å². The summed E-state index contributed by atoms with van der Waals surface area (Å²) in [4.78, 5) is 38.5. The number of likely N-dealkylation sites (tertiary alicyclic amines) is 1. The molecular formula is C22H25N3O4. The van der Waals surface area contributed by atoms with E-state index in [9.17, 15) is 14.4 Å². The number of anilines is 1. The summed E-state index contributed by atoms with van der Waals surface area (Å²) in [5.74, 6) is -0.498. The minimum absolute atomic E-state index is 0.0185. The van der Waals surface area contributed by atoms with Gasteiger partial charge in [-0.3, -0.25) is 9.59 Å². The normalized spacial score (nSPS) is 14.2. The van der Waals surface area contributed by atoms with Gasteiger partial charge in [0, 0.05) is 35.9 Å². The van der Waals surface area contributed by atoms with E-state index in [1.807, 2.05) is 18.2 Å². The van der Waals surface area contributed by atoms with Gasteiger partial charge in [0.15, 0.2) is 0 Å². The number of nitrogens with zero attached hydrogens (tertiary/aromatic N) is 1. The van der Waals surface area contributed by atoms with Crippen LogP contribution in [0.2, 0.25) is 0 Å². The maximum absolute atomic E-state index is 12.6. The number of hydrogen-bond donors (Lipinski definition) is 2. The van der Waals surface area contributed by atoms with Crippen LogP contribution in [0.5, 0.6) is 0 Å². The second-order valence-corrected chi connectivity index (χ2v) is 6.83. The highest BCUT2D eigenvalue weighted by molar-refractivity contribution is 6.06. The Morgan fingerprint density at radius 2 is 1.62 bits per heavy atom. The van der Waals surface area contributed by atoms with E-state index in [-0.39, 0.29) is 23.9 Å². The first-order valence-electron chi connectivity index (χ1n) is 9.76. The Morgan fingerprint density at radius 1 is 0.966 bits per heavy atom. The average Bonchev–Trinajstić information content (AvgIpc) is 2.75. The van der Waals surface area contributed by atoms with E-state index in [1.54, 1.807) is 48.2 Å². The van der Waals surface area contributed by atoms with E-state index < -0.39 is 0 Å². The molecule has 2 aromatic rings. The molecule has 0 spiro atoms. The van der Waals surface area contributed by atoms with E-state index in [2.05, 4.69) is 10.6 Å². The van der Waals surface area contributed by atoms with Crippen LogP contribution < -0.4 is 10.6 Å². The van der Waals surface area contributed by atoms with Gasteiger partial charge in [-0.15, -0.1) is 0 Å². The van der Waals surface area contributed by atoms with Gasteiger partial charge < -0.3 is 20.3 Å². The van der Waals surface area contributed by atoms with Gasteiger partial charge in [-0.2, -0.15) is 0 Å². The smallest absolute Gasteiger partial charge is 0.409 e. The topological polar surface area (TPSA) is 87.7 Å². The van der Waals surface area contributed by atoms with Gasteiger partial charge in [0.2, 0.25) is 0 Å². The minimum atomic E-state index is -0.311. The maximum Gasteiger partial charge on any atom is 0.409 e. The lowest BCUT2D eigenvalue weighted by atomic mass is 10.0. The number of nitrogens with one attached hydrogen (secondary N) is 2. The van der Waals surface area contributed by atoms with Gasteiger partial charge >= 0.3 is 6.09 Å². The van der Waals surface area contributed by atoms with Crippen molar-refractivity contribution in [2.75, 3.05) is 25.0 Å². The van der Waals surface area contributed by atoms with Gasteiger partial charge in [0.05, 0.1) is 6.61 Å². The zero-order valence-electron chi connectivity index (χ0n) is 16.4. The van der Waals surface area contributed by atoms with Crippen molar-refractivity contribution in [1.82, 2.24) is 10.2 Å². The Bertz CT molecular complexity index is 861. The van der Waals surface area contributed by atoms with Crippen molar-refractivity contribution in [3.8, 4) is 0 Å². The van der Waals surface area contributed by atoms with Gasteiger partial charge in [0.25, 0.3) is 11.8 Å². The Morgan fingerprint density at radius 3 is 2.28 bits per heavy atom. The number of ether oxygens (including phenoxy) is 1. The van der Waals surface area contributed by atoms with Gasteiger partial charge in [-0.05, 0) is 50.1 Å². The van der Waals surface area contributed by atoms with Crippen LogP contribution in [0.3, 0.4) is 0 Å². The molecule has 3 amide bonds. The molecule has 7 heteroatoms. The molecule has 1 aliphatic heterocycles. The Kier molecular flexibility index (Phi) is 6.84. The molecule has 0 radical (unpaired) electrons. The standard InChI is InChI=1S/C22H25N3O4/c1-2-29-22(28)25-13-11-19(12-14-25)24-21(27)17-8-6-7-16(15-17)20(26)23-18-9-4-3-5-10-18/h3-10,15,19H,2,11-14H2,1H3,(H,23,26)(H,24,27). The molecule has 2 aromatic carbocycles. The van der Waals surface area contributed by atoms with Crippen molar-refractivity contribution >= 4 is 23.6 Å². The first-order chi connectivity index (χ1) is 14.1. The van der Waals surface area contributed by atoms with Crippen molar-refractivity contribution in [3.63, 3.8) is 0 Å². The van der Waals surface area contributed by atoms with Crippen LogP contribution in [0.1, 0.15) is 40.5 Å². The van der Waals surface area contributed by atoms with Crippen LogP contribution in [0.4, 0.5) is 10.5 Å². The molecule has 0 saturated carbocycles. The molecule has 2 N–H and O–H groups in total. The Labute approximate surface area is 170 Å². The highest BCUT2D eigenvalue weighted by Gasteiger charge is 2.25. The average molecular weight is 395 g/mol. The third-order valence-corrected chi connectivity index (χ3v) is 4.77. The molecule has 0 atom stereocenters. The Balaban J connectivity index is 1.56. The van der Waals surface area contributed by atoms with Crippen molar-refractivity contribution in [2.24, 2.45) is 0 Å². The molecule has 3 rings (SSSR count). The quantitative estimate of drug-likeness (QED) is 0.813. The predicted octanol–water partition coefficient (Wildman–Crippen LogP) is 3.29. The summed E-state index contributed by atoms with van der Waals surface area (Å²) >= 11 is 0. The van der Waals surface area contributed by atoms with Crippen LogP contribution in [0.25, 0.3) is 0 Å². The van der Waals surface area contributed by atoms with Gasteiger partial charge in [-0.1, -0.05) is 24.3 Å². The molecule has 1 heterocycles. The lowest BCUT2D eigenvalue weighted by Crippen LogP contribution is -2.46. The van der Waals surface area contributed by atoms with Crippen molar-refractivity contribution in [3.05, 3.63) is 65.7 Å². The van der Waals surface area contributed by atoms with Crippen LogP contribution in [0, 0.1) is 0 Å². The van der Waals surface area contributed by atoms with Gasteiger partial charge in [0.1, 0.15) is 0 Å². The van der Waals surface area contributed by atoms with Crippen molar-refractivity contribution < 1.29 is 19.1 Å². The van der Waals surface area contributed by atoms with E-state index >= 15 is 0 Å². The first kappa shape index (κ1) is 20.4. The molecule has 0 aliphatic carbocycles. The molecule has 7 nitrogen and oxygen atoms in total. The number of hydrogen-bond acceptors (Lipinski definition) is 4. The summed E-state index contributed by atoms with van der Waals surface area (Å²) in [7, 11) is 0. The lowest BCUT2D eigenvalue weighted by Gasteiger charge is -2.31. The predicted molar refractivity (Wildman–Crippen MR) is 110 cm³/mol. The Hall–Kier alpha value is -3.35. The summed E-state index contributed by atoms with van der Waals surface area (Å²) in [6, 6.07) is 15.8. The number of rotatable bonds is 5. The third-order valence-electron chi connectivity index (χ3n) is 4.77. The number of amides is 3. The fourth-order valence-corrected chi connectivity index (χ4v) is 3.22. The lowest BCUT2D eigenvalue weighted by molar-refractivity contribution is 0.0860. The van der Waals surface area contributed by atoms with Crippen molar-refractivity contribution in [2.45, 2.75) is 25.8 Å². The molecule has 1 saturated heterocycles. The molecule has 1 fully saturated rings. The molecule has 152 valence electrons. The molecular weight excluding hydrogens is 370 g/mol. The van der Waals surface area contributed by atoms with Crippen LogP contribution >= 0.6 is 0 Å². The summed E-state index contributed by atoms with van der Waals surface area (Å²) in [6.45, 7) is 3.22. The van der Waals surface area contributed by atoms with E-state index in [0.29, 0.717) is 49.4 Å². The maximum atomic E-state index is 12.6. The summed E-state index contributed by atoms with van der Waals surface area (Å²) in [6.07, 6.45) is 1.02. The van der Waals surface area contributed by atoms with E-state index in [4.69, 9.17) is 4.74 Å². The molecule has 0 bridgehead atoms. The van der Waals surface area contributed by atoms with Gasteiger partial charge in [-0.25, -0.2) is 4.79 Å². The summed E-state index contributed by atoms with van der Waals surface area (Å²) in [5, 5.41) is 5.80. The number of benzene rings is 2. The second kappa shape index (κ2) is 9.73. The highest BCUT2D eigenvalue weighted by atomic mass is 16.6. The highest BCUT2D eigenvalue weighted by Crippen LogP contribution is 2.14. The minimum Gasteiger partial charge on any atom is -0.450 e. The first-order valence-corrected chi connectivity index (χ1v) is 9.76. The van der Waals surface area contributed by atoms with E-state index in [1.165, 1.54) is 0 Å². The molecule has 0 unspecified atom stereocenters. The molecule has 0 aromatic heterocycles. The number of carbonyl (C=O) groups excluding carboxylic acids is 3. The summed E-state index contributed by atoms with van der Waals surface area (Å²) < 4.78 is 5.01. The zero-order valence-corrected chi connectivity index (χ0v) is 16.4. The fraction of sp³-hybridized carbons (Fsp3) is 0.318. The molecule has 29 heavy (non-hydrogen) atoms. The third kappa shape index (κ3) is 5.57. The monoisotopic (exact) mass is 395 g/mol. The van der Waals surface area contributed by atoms with Crippen molar-refractivity contribution in [1.29, 1.82) is 0 Å².